The van der Waals surface area contributed by atoms with Crippen LogP contribution in [0.15, 0.2) is 18.2 Å². The second-order valence-electron chi connectivity index (χ2n) is 7.97. The van der Waals surface area contributed by atoms with E-state index >= 15 is 0 Å². The molecule has 0 radical (unpaired) electrons. The smallest absolute Gasteiger partial charge is 0.275 e. The number of carbonyl (C=O) groups excluding carboxylic acids is 1. The molecule has 1 amide bonds. The molecule has 1 N–H and O–H groups in total. The van der Waals surface area contributed by atoms with Crippen LogP contribution in [0.25, 0.3) is 10.9 Å². The molecule has 2 bridgehead atoms. The third-order valence-electron chi connectivity index (χ3n) is 6.51. The van der Waals surface area contributed by atoms with E-state index in [-0.39, 0.29) is 12.0 Å². The zero-order valence-corrected chi connectivity index (χ0v) is 15.9. The lowest BCUT2D eigenvalue weighted by Crippen LogP contribution is -2.41. The highest BCUT2D eigenvalue weighted by Crippen LogP contribution is 2.29. The molecule has 5 heterocycles. The minimum atomic E-state index is 0.0725. The van der Waals surface area contributed by atoms with E-state index in [0.717, 1.165) is 75.1 Å². The number of aromatic nitrogens is 2. The molecule has 0 spiro atoms. The molecular formula is C20H27N5O2. The largest absolute Gasteiger partial charge is 0.380 e. The number of ether oxygens (including phenoxy) is 1. The van der Waals surface area contributed by atoms with Gasteiger partial charge >= 0.3 is 0 Å². The summed E-state index contributed by atoms with van der Waals surface area (Å²) in [6, 6.07) is 6.61. The molecule has 2 aromatic rings. The fraction of sp³-hybridized carbons (Fsp3) is 0.600. The van der Waals surface area contributed by atoms with Crippen molar-refractivity contribution in [3.05, 3.63) is 23.9 Å². The summed E-state index contributed by atoms with van der Waals surface area (Å²) in [5.41, 5.74) is 2.63. The van der Waals surface area contributed by atoms with Gasteiger partial charge in [0, 0.05) is 63.5 Å². The van der Waals surface area contributed by atoms with Crippen LogP contribution < -0.4 is 4.90 Å². The van der Waals surface area contributed by atoms with Crippen molar-refractivity contribution >= 4 is 22.5 Å². The highest BCUT2D eigenvalue weighted by atomic mass is 16.5. The van der Waals surface area contributed by atoms with E-state index in [1.165, 1.54) is 0 Å². The van der Waals surface area contributed by atoms with Gasteiger partial charge in [-0.15, -0.1) is 0 Å². The lowest BCUT2D eigenvalue weighted by Gasteiger charge is -2.31. The molecular weight excluding hydrogens is 342 g/mol. The predicted molar refractivity (Wildman–Crippen MR) is 104 cm³/mol. The molecule has 1 aromatic heterocycles. The average molecular weight is 369 g/mol. The number of benzene rings is 1. The molecule has 1 atom stereocenters. The van der Waals surface area contributed by atoms with Crippen molar-refractivity contribution in [3.63, 3.8) is 0 Å². The van der Waals surface area contributed by atoms with Gasteiger partial charge in [0.1, 0.15) is 0 Å². The zero-order valence-electron chi connectivity index (χ0n) is 15.9. The highest BCUT2D eigenvalue weighted by Gasteiger charge is 2.34. The molecule has 6 rings (SSSR count). The van der Waals surface area contributed by atoms with Crippen LogP contribution >= 0.6 is 0 Å². The first-order valence-electron chi connectivity index (χ1n) is 10.0. The first-order chi connectivity index (χ1) is 13.2. The van der Waals surface area contributed by atoms with Gasteiger partial charge in [0.25, 0.3) is 5.91 Å². The summed E-state index contributed by atoms with van der Waals surface area (Å²) in [5, 5.41) is 8.39. The number of amides is 1. The Morgan fingerprint density at radius 1 is 1.15 bits per heavy atom. The van der Waals surface area contributed by atoms with Gasteiger partial charge in [-0.25, -0.2) is 0 Å². The van der Waals surface area contributed by atoms with E-state index in [9.17, 15) is 4.79 Å². The normalized spacial score (nSPS) is 28.1. The Hall–Kier alpha value is -2.12. The Balaban J connectivity index is 1.44. The summed E-state index contributed by atoms with van der Waals surface area (Å²) in [7, 11) is 1.77. The maximum Gasteiger partial charge on any atom is 0.275 e. The van der Waals surface area contributed by atoms with Crippen LogP contribution in [-0.2, 0) is 4.74 Å². The average Bonchev–Trinajstić information content (AvgIpc) is 3.25. The summed E-state index contributed by atoms with van der Waals surface area (Å²) >= 11 is 0. The molecule has 1 aromatic carbocycles. The molecule has 144 valence electrons. The number of aromatic amines is 1. The second kappa shape index (κ2) is 6.80. The Kier molecular flexibility index (Phi) is 4.28. The third-order valence-corrected chi connectivity index (χ3v) is 6.51. The van der Waals surface area contributed by atoms with Gasteiger partial charge in [0.15, 0.2) is 5.69 Å². The number of methoxy groups -OCH3 is 1. The first-order valence-corrected chi connectivity index (χ1v) is 10.0. The Labute approximate surface area is 159 Å². The lowest BCUT2D eigenvalue weighted by atomic mass is 10.0. The molecule has 4 saturated heterocycles. The number of nitrogens with zero attached hydrogens (tertiary/aromatic N) is 4. The van der Waals surface area contributed by atoms with Crippen LogP contribution in [-0.4, -0.2) is 84.4 Å². The van der Waals surface area contributed by atoms with Crippen molar-refractivity contribution in [1.82, 2.24) is 20.0 Å². The molecule has 4 aliphatic heterocycles. The summed E-state index contributed by atoms with van der Waals surface area (Å²) in [5.74, 6) is 0.0725. The van der Waals surface area contributed by atoms with Crippen molar-refractivity contribution in [3.8, 4) is 0 Å². The number of nitrogens with one attached hydrogen (secondary N) is 1. The van der Waals surface area contributed by atoms with Crippen molar-refractivity contribution in [1.29, 1.82) is 0 Å². The second-order valence-corrected chi connectivity index (χ2v) is 7.97. The number of carbonyl (C=O) groups is 1. The number of piperidine rings is 1. The van der Waals surface area contributed by atoms with Crippen molar-refractivity contribution in [2.75, 3.05) is 51.3 Å². The maximum absolute atomic E-state index is 13.3. The topological polar surface area (TPSA) is 64.7 Å². The fourth-order valence-corrected chi connectivity index (χ4v) is 4.81. The molecule has 4 aliphatic rings. The molecule has 0 saturated carbocycles. The SMILES string of the molecule is CO[C@H]1CCN(c2ccc3[nH]nc(C(=O)N4CCN5CCC4CC5)c3c2)C1. The van der Waals surface area contributed by atoms with Crippen molar-refractivity contribution < 1.29 is 9.53 Å². The van der Waals surface area contributed by atoms with Gasteiger partial charge in [-0.3, -0.25) is 9.89 Å². The van der Waals surface area contributed by atoms with E-state index < -0.39 is 0 Å². The number of hydrogen-bond acceptors (Lipinski definition) is 5. The quantitative estimate of drug-likeness (QED) is 0.892. The van der Waals surface area contributed by atoms with E-state index in [1.54, 1.807) is 7.11 Å². The number of anilines is 1. The van der Waals surface area contributed by atoms with Gasteiger partial charge in [0.05, 0.1) is 11.6 Å². The van der Waals surface area contributed by atoms with Crippen molar-refractivity contribution in [2.45, 2.75) is 31.4 Å². The van der Waals surface area contributed by atoms with E-state index in [2.05, 4.69) is 37.0 Å². The first kappa shape index (κ1) is 17.0. The summed E-state index contributed by atoms with van der Waals surface area (Å²) in [6.07, 6.45) is 3.47. The van der Waals surface area contributed by atoms with Crippen LogP contribution in [0.1, 0.15) is 29.8 Å². The molecule has 7 nitrogen and oxygen atoms in total. The molecule has 27 heavy (non-hydrogen) atoms. The van der Waals surface area contributed by atoms with Gasteiger partial charge in [-0.05, 0) is 37.5 Å². The number of fused-ring (bicyclic) bond motifs is 5. The molecule has 0 aliphatic carbocycles. The van der Waals surface area contributed by atoms with Crippen molar-refractivity contribution in [2.24, 2.45) is 0 Å². The zero-order chi connectivity index (χ0) is 18.4. The highest BCUT2D eigenvalue weighted by molar-refractivity contribution is 6.05. The monoisotopic (exact) mass is 369 g/mol. The predicted octanol–water partition coefficient (Wildman–Crippen LogP) is 1.71. The van der Waals surface area contributed by atoms with Crippen LogP contribution in [0.4, 0.5) is 5.69 Å². The van der Waals surface area contributed by atoms with Crippen LogP contribution in [0.3, 0.4) is 0 Å². The van der Waals surface area contributed by atoms with Gasteiger partial charge in [-0.2, -0.15) is 5.10 Å². The molecule has 0 unspecified atom stereocenters. The number of hydrogen-bond donors (Lipinski definition) is 1. The molecule has 4 fully saturated rings. The summed E-state index contributed by atoms with van der Waals surface area (Å²) in [6.45, 7) is 5.87. The standard InChI is InChI=1S/C20H27N5O2/c1-27-16-6-9-24(13-16)15-2-3-18-17(12-15)19(22-21-18)20(26)25-11-10-23-7-4-14(25)5-8-23/h2-3,12,14,16H,4-11,13H2,1H3,(H,21,22)/t16-/m0/s1. The van der Waals surface area contributed by atoms with E-state index in [4.69, 9.17) is 4.74 Å². The number of H-pyrrole nitrogens is 1. The van der Waals surface area contributed by atoms with Crippen LogP contribution in [0.5, 0.6) is 0 Å². The van der Waals surface area contributed by atoms with Crippen LogP contribution in [0.2, 0.25) is 0 Å². The molecule has 7 heteroatoms. The Bertz CT molecular complexity index is 842. The van der Waals surface area contributed by atoms with E-state index in [1.807, 2.05) is 6.07 Å². The van der Waals surface area contributed by atoms with Gasteiger partial charge in [0.2, 0.25) is 0 Å². The van der Waals surface area contributed by atoms with Crippen LogP contribution in [0, 0.1) is 0 Å². The summed E-state index contributed by atoms with van der Waals surface area (Å²) < 4.78 is 5.49. The van der Waals surface area contributed by atoms with E-state index in [0.29, 0.717) is 11.7 Å². The Morgan fingerprint density at radius 3 is 2.78 bits per heavy atom. The Morgan fingerprint density at radius 2 is 2.00 bits per heavy atom. The fourth-order valence-electron chi connectivity index (χ4n) is 4.81. The van der Waals surface area contributed by atoms with Gasteiger partial charge in [-0.1, -0.05) is 0 Å². The minimum Gasteiger partial charge on any atom is -0.380 e. The number of rotatable bonds is 3. The third kappa shape index (κ3) is 2.99. The minimum absolute atomic E-state index is 0.0725. The summed E-state index contributed by atoms with van der Waals surface area (Å²) in [4.78, 5) is 20.2. The van der Waals surface area contributed by atoms with Gasteiger partial charge < -0.3 is 19.4 Å². The lowest BCUT2D eigenvalue weighted by molar-refractivity contribution is 0.0681. The maximum atomic E-state index is 13.3.